The molecule has 2 aromatic heterocycles. The summed E-state index contributed by atoms with van der Waals surface area (Å²) in [5.74, 6) is 1.24. The molecule has 3 rings (SSSR count). The number of aromatic nitrogens is 2. The molecule has 96 valence electrons. The van der Waals surface area contributed by atoms with Crippen LogP contribution in [0.3, 0.4) is 0 Å². The van der Waals surface area contributed by atoms with Gasteiger partial charge in [0.15, 0.2) is 0 Å². The molecule has 0 N–H and O–H groups in total. The van der Waals surface area contributed by atoms with E-state index in [1.54, 1.807) is 0 Å². The number of fused-ring (bicyclic) bond motifs is 1. The van der Waals surface area contributed by atoms with Gasteiger partial charge in [0.1, 0.15) is 12.1 Å². The first-order chi connectivity index (χ1) is 8.55. The highest BCUT2D eigenvalue weighted by molar-refractivity contribution is 9.10. The third-order valence-electron chi connectivity index (χ3n) is 3.69. The highest BCUT2D eigenvalue weighted by Crippen LogP contribution is 2.33. The van der Waals surface area contributed by atoms with Gasteiger partial charge < -0.3 is 4.90 Å². The predicted octanol–water partition coefficient (Wildman–Crippen LogP) is 3.72. The van der Waals surface area contributed by atoms with Crippen LogP contribution in [0.4, 0.5) is 5.82 Å². The topological polar surface area (TPSA) is 20.5 Å². The van der Waals surface area contributed by atoms with E-state index in [2.05, 4.69) is 56.2 Å². The van der Waals surface area contributed by atoms with Crippen molar-refractivity contribution in [1.82, 2.24) is 9.38 Å². The molecule has 1 aliphatic rings. The van der Waals surface area contributed by atoms with Crippen molar-refractivity contribution in [3.8, 4) is 0 Å². The summed E-state index contributed by atoms with van der Waals surface area (Å²) < 4.78 is 3.29. The SMILES string of the molecule is CC1(C)CCCN(c2cc(Br)cc3cncn23)C1. The van der Waals surface area contributed by atoms with Crippen LogP contribution in [0.25, 0.3) is 5.52 Å². The standard InChI is InChI=1S/C14H18BrN3/c1-14(2)4-3-5-17(9-14)13-7-11(15)6-12-8-16-10-18(12)13/h6-8,10H,3-5,9H2,1-2H3. The first kappa shape index (κ1) is 12.0. The Balaban J connectivity index is 2.05. The molecule has 0 radical (unpaired) electrons. The minimum atomic E-state index is 0.396. The highest BCUT2D eigenvalue weighted by Gasteiger charge is 2.27. The number of hydrogen-bond acceptors (Lipinski definition) is 2. The maximum absolute atomic E-state index is 4.25. The molecule has 0 amide bonds. The van der Waals surface area contributed by atoms with Gasteiger partial charge >= 0.3 is 0 Å². The summed E-state index contributed by atoms with van der Waals surface area (Å²) in [5, 5.41) is 0. The lowest BCUT2D eigenvalue weighted by Crippen LogP contribution is -2.40. The van der Waals surface area contributed by atoms with E-state index in [-0.39, 0.29) is 0 Å². The van der Waals surface area contributed by atoms with Gasteiger partial charge in [-0.1, -0.05) is 29.8 Å². The van der Waals surface area contributed by atoms with Crippen LogP contribution in [0, 0.1) is 5.41 Å². The van der Waals surface area contributed by atoms with Crippen LogP contribution in [0.5, 0.6) is 0 Å². The number of hydrogen-bond donors (Lipinski definition) is 0. The summed E-state index contributed by atoms with van der Waals surface area (Å²) in [6.07, 6.45) is 6.38. The van der Waals surface area contributed by atoms with Crippen LogP contribution >= 0.6 is 15.9 Å². The van der Waals surface area contributed by atoms with Gasteiger partial charge in [0.25, 0.3) is 0 Å². The molecular weight excluding hydrogens is 290 g/mol. The van der Waals surface area contributed by atoms with E-state index < -0.39 is 0 Å². The number of rotatable bonds is 1. The Kier molecular flexibility index (Phi) is 2.85. The van der Waals surface area contributed by atoms with Crippen LogP contribution in [0.1, 0.15) is 26.7 Å². The number of halogens is 1. The molecule has 1 saturated heterocycles. The molecular formula is C14H18BrN3. The summed E-state index contributed by atoms with van der Waals surface area (Å²) >= 11 is 3.60. The van der Waals surface area contributed by atoms with Gasteiger partial charge in [-0.05, 0) is 30.4 Å². The number of imidazole rings is 1. The monoisotopic (exact) mass is 307 g/mol. The van der Waals surface area contributed by atoms with E-state index >= 15 is 0 Å². The molecule has 0 aliphatic carbocycles. The molecule has 0 saturated carbocycles. The van der Waals surface area contributed by atoms with Crippen molar-refractivity contribution in [3.63, 3.8) is 0 Å². The minimum absolute atomic E-state index is 0.396. The van der Waals surface area contributed by atoms with Crippen LogP contribution in [0.15, 0.2) is 29.1 Å². The molecule has 0 aromatic carbocycles. The Morgan fingerprint density at radius 2 is 2.17 bits per heavy atom. The van der Waals surface area contributed by atoms with Gasteiger partial charge in [-0.3, -0.25) is 4.40 Å². The van der Waals surface area contributed by atoms with Crippen molar-refractivity contribution >= 4 is 27.3 Å². The fraction of sp³-hybridized carbons (Fsp3) is 0.500. The molecule has 0 spiro atoms. The molecule has 1 fully saturated rings. The smallest absolute Gasteiger partial charge is 0.115 e. The Morgan fingerprint density at radius 1 is 1.33 bits per heavy atom. The Morgan fingerprint density at radius 3 is 2.94 bits per heavy atom. The molecule has 1 aliphatic heterocycles. The molecule has 18 heavy (non-hydrogen) atoms. The van der Waals surface area contributed by atoms with Gasteiger partial charge in [-0.25, -0.2) is 4.98 Å². The third-order valence-corrected chi connectivity index (χ3v) is 4.15. The molecule has 0 atom stereocenters. The summed E-state index contributed by atoms with van der Waals surface area (Å²) in [7, 11) is 0. The largest absolute Gasteiger partial charge is 0.357 e. The second-order valence-corrected chi connectivity index (χ2v) is 6.83. The summed E-state index contributed by atoms with van der Waals surface area (Å²) in [6, 6.07) is 4.29. The zero-order valence-electron chi connectivity index (χ0n) is 10.9. The van der Waals surface area contributed by atoms with Crippen molar-refractivity contribution in [2.45, 2.75) is 26.7 Å². The van der Waals surface area contributed by atoms with Crippen molar-refractivity contribution in [3.05, 3.63) is 29.1 Å². The fourth-order valence-electron chi connectivity index (χ4n) is 2.84. The van der Waals surface area contributed by atoms with Gasteiger partial charge in [-0.2, -0.15) is 0 Å². The average molecular weight is 308 g/mol. The third kappa shape index (κ3) is 2.14. The second kappa shape index (κ2) is 4.26. The maximum Gasteiger partial charge on any atom is 0.115 e. The van der Waals surface area contributed by atoms with Crippen molar-refractivity contribution in [2.24, 2.45) is 5.41 Å². The van der Waals surface area contributed by atoms with Crippen LogP contribution in [-0.4, -0.2) is 22.5 Å². The average Bonchev–Trinajstić information content (AvgIpc) is 2.74. The molecule has 4 heteroatoms. The van der Waals surface area contributed by atoms with E-state index in [0.717, 1.165) is 23.1 Å². The quantitative estimate of drug-likeness (QED) is 0.800. The van der Waals surface area contributed by atoms with Gasteiger partial charge in [-0.15, -0.1) is 0 Å². The van der Waals surface area contributed by atoms with E-state index in [1.165, 1.54) is 18.7 Å². The molecule has 3 nitrogen and oxygen atoms in total. The van der Waals surface area contributed by atoms with Crippen LogP contribution in [-0.2, 0) is 0 Å². The number of piperidine rings is 1. The molecule has 0 unspecified atom stereocenters. The van der Waals surface area contributed by atoms with Gasteiger partial charge in [0, 0.05) is 17.6 Å². The maximum atomic E-state index is 4.25. The summed E-state index contributed by atoms with van der Waals surface area (Å²) in [6.45, 7) is 6.94. The van der Waals surface area contributed by atoms with Crippen molar-refractivity contribution in [2.75, 3.05) is 18.0 Å². The number of pyridine rings is 1. The first-order valence-electron chi connectivity index (χ1n) is 6.42. The summed E-state index contributed by atoms with van der Waals surface area (Å²) in [4.78, 5) is 6.72. The summed E-state index contributed by atoms with van der Waals surface area (Å²) in [5.41, 5.74) is 1.54. The van der Waals surface area contributed by atoms with Crippen molar-refractivity contribution in [1.29, 1.82) is 0 Å². The lowest BCUT2D eigenvalue weighted by molar-refractivity contribution is 0.291. The number of nitrogens with zero attached hydrogens (tertiary/aromatic N) is 3. The van der Waals surface area contributed by atoms with E-state index in [4.69, 9.17) is 0 Å². The predicted molar refractivity (Wildman–Crippen MR) is 78.1 cm³/mol. The van der Waals surface area contributed by atoms with E-state index in [0.29, 0.717) is 5.41 Å². The normalized spacial score (nSPS) is 19.4. The lowest BCUT2D eigenvalue weighted by atomic mass is 9.84. The second-order valence-electron chi connectivity index (χ2n) is 5.91. The Labute approximate surface area is 116 Å². The lowest BCUT2D eigenvalue weighted by Gasteiger charge is -2.39. The van der Waals surface area contributed by atoms with Gasteiger partial charge in [0.05, 0.1) is 11.7 Å². The number of anilines is 1. The molecule has 2 aromatic rings. The van der Waals surface area contributed by atoms with Gasteiger partial charge in [0.2, 0.25) is 0 Å². The molecule has 3 heterocycles. The van der Waals surface area contributed by atoms with Crippen molar-refractivity contribution < 1.29 is 0 Å². The van der Waals surface area contributed by atoms with Crippen LogP contribution < -0.4 is 4.90 Å². The zero-order chi connectivity index (χ0) is 12.8. The van der Waals surface area contributed by atoms with E-state index in [1.807, 2.05) is 12.5 Å². The Bertz CT molecular complexity index is 573. The molecule has 0 bridgehead atoms. The first-order valence-corrected chi connectivity index (χ1v) is 7.21. The van der Waals surface area contributed by atoms with E-state index in [9.17, 15) is 0 Å². The Hall–Kier alpha value is -1.03. The minimum Gasteiger partial charge on any atom is -0.357 e. The van der Waals surface area contributed by atoms with Crippen LogP contribution in [0.2, 0.25) is 0 Å². The zero-order valence-corrected chi connectivity index (χ0v) is 12.4. The highest BCUT2D eigenvalue weighted by atomic mass is 79.9. The fourth-order valence-corrected chi connectivity index (χ4v) is 3.28.